The van der Waals surface area contributed by atoms with Crippen LogP contribution in [0.4, 0.5) is 0 Å². The van der Waals surface area contributed by atoms with Crippen molar-refractivity contribution in [2.45, 2.75) is 38.1 Å². The Bertz CT molecular complexity index is 1050. The van der Waals surface area contributed by atoms with Gasteiger partial charge in [-0.25, -0.2) is 9.36 Å². The Morgan fingerprint density at radius 1 is 1.21 bits per heavy atom. The first-order valence-electron chi connectivity index (χ1n) is 10.2. The van der Waals surface area contributed by atoms with Crippen molar-refractivity contribution in [1.82, 2.24) is 24.5 Å². The van der Waals surface area contributed by atoms with E-state index < -0.39 is 0 Å². The number of hydrogen-bond acceptors (Lipinski definition) is 5. The summed E-state index contributed by atoms with van der Waals surface area (Å²) in [5.74, 6) is 0.400. The van der Waals surface area contributed by atoms with Crippen molar-refractivity contribution in [3.63, 3.8) is 0 Å². The maximum absolute atomic E-state index is 11.9. The predicted octanol–water partition coefficient (Wildman–Crippen LogP) is 3.50. The van der Waals surface area contributed by atoms with Crippen molar-refractivity contribution >= 4 is 28.4 Å². The quantitative estimate of drug-likeness (QED) is 0.655. The number of fused-ring (bicyclic) bond motifs is 1. The zero-order chi connectivity index (χ0) is 20.0. The van der Waals surface area contributed by atoms with Crippen molar-refractivity contribution in [1.29, 1.82) is 0 Å². The fraction of sp³-hybridized carbons (Fsp3) is 0.476. The molecule has 3 aromatic rings. The number of halogens is 1. The van der Waals surface area contributed by atoms with E-state index in [0.29, 0.717) is 18.4 Å². The second kappa shape index (κ2) is 7.55. The minimum Gasteiger partial charge on any atom is -0.378 e. The number of carbonyl (C=O) groups is 1. The highest BCUT2D eigenvalue weighted by molar-refractivity contribution is 6.32. The average molecular weight is 414 g/mol. The Kier molecular flexibility index (Phi) is 4.89. The maximum Gasteiger partial charge on any atom is 0.246 e. The smallest absolute Gasteiger partial charge is 0.246 e. The van der Waals surface area contributed by atoms with Gasteiger partial charge in [-0.2, -0.15) is 10.2 Å². The van der Waals surface area contributed by atoms with E-state index in [2.05, 4.69) is 21.2 Å². The van der Waals surface area contributed by atoms with Crippen molar-refractivity contribution < 1.29 is 9.53 Å². The third-order valence-corrected chi connectivity index (χ3v) is 6.49. The topological polar surface area (TPSA) is 65.2 Å². The van der Waals surface area contributed by atoms with Gasteiger partial charge in [0.05, 0.1) is 43.4 Å². The Labute approximate surface area is 174 Å². The number of piperidine rings is 1. The molecule has 0 spiro atoms. The van der Waals surface area contributed by atoms with Gasteiger partial charge in [0, 0.05) is 16.8 Å². The molecule has 7 nitrogen and oxygen atoms in total. The molecule has 8 heteroatoms. The van der Waals surface area contributed by atoms with Crippen LogP contribution in [0.3, 0.4) is 0 Å². The zero-order valence-corrected chi connectivity index (χ0v) is 17.2. The first-order valence-corrected chi connectivity index (χ1v) is 10.6. The van der Waals surface area contributed by atoms with Gasteiger partial charge in [-0.15, -0.1) is 0 Å². The molecule has 1 aromatic carbocycles. The van der Waals surface area contributed by atoms with E-state index in [0.717, 1.165) is 60.8 Å². The minimum absolute atomic E-state index is 0.0416. The highest BCUT2D eigenvalue weighted by Crippen LogP contribution is 2.36. The van der Waals surface area contributed by atoms with Crippen LogP contribution < -0.4 is 0 Å². The summed E-state index contributed by atoms with van der Waals surface area (Å²) in [5, 5.41) is 10.5. The summed E-state index contributed by atoms with van der Waals surface area (Å²) in [7, 11) is 0. The van der Waals surface area contributed by atoms with E-state index >= 15 is 0 Å². The SMILES string of the molecule is CCC(=O)n1cc(-n2ncc3cc(Cl)c(C4CCN(C5COC5)CC4)cc32)cn1. The van der Waals surface area contributed by atoms with Crippen LogP contribution in [0.5, 0.6) is 0 Å². The van der Waals surface area contributed by atoms with E-state index in [9.17, 15) is 4.79 Å². The van der Waals surface area contributed by atoms with Crippen LogP contribution in [0, 0.1) is 0 Å². The van der Waals surface area contributed by atoms with Crippen LogP contribution in [0.1, 0.15) is 42.5 Å². The van der Waals surface area contributed by atoms with Crippen LogP contribution in [-0.4, -0.2) is 62.7 Å². The van der Waals surface area contributed by atoms with Gasteiger partial charge in [-0.1, -0.05) is 18.5 Å². The second-order valence-electron chi connectivity index (χ2n) is 7.88. The van der Waals surface area contributed by atoms with Crippen molar-refractivity contribution in [2.75, 3.05) is 26.3 Å². The van der Waals surface area contributed by atoms with Gasteiger partial charge in [0.15, 0.2) is 0 Å². The molecule has 0 amide bonds. The van der Waals surface area contributed by atoms with Crippen LogP contribution in [-0.2, 0) is 4.74 Å². The number of ether oxygens (including phenoxy) is 1. The lowest BCUT2D eigenvalue weighted by Gasteiger charge is -2.41. The molecule has 152 valence electrons. The highest BCUT2D eigenvalue weighted by atomic mass is 35.5. The normalized spacial score (nSPS) is 19.0. The molecule has 0 atom stereocenters. The molecule has 0 N–H and O–H groups in total. The second-order valence-corrected chi connectivity index (χ2v) is 8.29. The molecule has 2 saturated heterocycles. The van der Waals surface area contributed by atoms with Crippen LogP contribution in [0.25, 0.3) is 16.6 Å². The molecule has 2 aromatic heterocycles. The standard InChI is InChI=1S/C21H24ClN5O2/c1-2-21(28)26-11-16(10-23-26)27-20-8-18(19(22)7-15(20)9-24-27)14-3-5-25(6-4-14)17-12-29-13-17/h7-11,14,17H,2-6,12-13H2,1H3. The number of aromatic nitrogens is 4. The lowest BCUT2D eigenvalue weighted by molar-refractivity contribution is -0.0712. The van der Waals surface area contributed by atoms with Gasteiger partial charge < -0.3 is 4.74 Å². The Balaban J connectivity index is 1.43. The van der Waals surface area contributed by atoms with Gasteiger partial charge in [0.2, 0.25) is 5.91 Å². The lowest BCUT2D eigenvalue weighted by Crippen LogP contribution is -2.51. The summed E-state index contributed by atoms with van der Waals surface area (Å²) in [6, 6.07) is 4.76. The first-order chi connectivity index (χ1) is 14.1. The van der Waals surface area contributed by atoms with Crippen molar-refractivity contribution in [3.05, 3.63) is 41.3 Å². The molecule has 0 unspecified atom stereocenters. The van der Waals surface area contributed by atoms with Crippen molar-refractivity contribution in [3.8, 4) is 5.69 Å². The van der Waals surface area contributed by atoms with Gasteiger partial charge >= 0.3 is 0 Å². The molecular weight excluding hydrogens is 390 g/mol. The molecule has 29 heavy (non-hydrogen) atoms. The van der Waals surface area contributed by atoms with E-state index in [1.165, 1.54) is 10.2 Å². The number of hydrogen-bond donors (Lipinski definition) is 0. The third kappa shape index (κ3) is 3.37. The minimum atomic E-state index is -0.0416. The molecule has 0 saturated carbocycles. The number of carbonyl (C=O) groups excluding carboxylic acids is 1. The average Bonchev–Trinajstić information content (AvgIpc) is 3.33. The zero-order valence-electron chi connectivity index (χ0n) is 16.4. The third-order valence-electron chi connectivity index (χ3n) is 6.16. The summed E-state index contributed by atoms with van der Waals surface area (Å²) >= 11 is 6.66. The van der Waals surface area contributed by atoms with E-state index in [1.54, 1.807) is 12.4 Å². The van der Waals surface area contributed by atoms with E-state index in [4.69, 9.17) is 16.3 Å². The summed E-state index contributed by atoms with van der Waals surface area (Å²) in [4.78, 5) is 14.4. The van der Waals surface area contributed by atoms with Crippen LogP contribution in [0.15, 0.2) is 30.7 Å². The van der Waals surface area contributed by atoms with Gasteiger partial charge in [0.1, 0.15) is 5.69 Å². The fourth-order valence-electron chi connectivity index (χ4n) is 4.31. The summed E-state index contributed by atoms with van der Waals surface area (Å²) in [5.41, 5.74) is 2.94. The molecule has 2 aliphatic rings. The Morgan fingerprint density at radius 3 is 2.69 bits per heavy atom. The van der Waals surface area contributed by atoms with E-state index in [1.807, 2.05) is 23.9 Å². The maximum atomic E-state index is 11.9. The molecule has 2 aliphatic heterocycles. The molecule has 5 rings (SSSR count). The molecule has 0 radical (unpaired) electrons. The number of benzene rings is 1. The molecule has 0 aliphatic carbocycles. The summed E-state index contributed by atoms with van der Waals surface area (Å²) < 4.78 is 8.55. The van der Waals surface area contributed by atoms with Gasteiger partial charge in [-0.05, 0) is 49.5 Å². The van der Waals surface area contributed by atoms with Crippen LogP contribution in [0.2, 0.25) is 5.02 Å². The van der Waals surface area contributed by atoms with Crippen LogP contribution >= 0.6 is 11.6 Å². The monoisotopic (exact) mass is 413 g/mol. The lowest BCUT2D eigenvalue weighted by atomic mass is 9.88. The molecular formula is C21H24ClN5O2. The largest absolute Gasteiger partial charge is 0.378 e. The Morgan fingerprint density at radius 2 is 2.00 bits per heavy atom. The number of likely N-dealkylation sites (tertiary alicyclic amines) is 1. The van der Waals surface area contributed by atoms with Gasteiger partial charge in [-0.3, -0.25) is 9.69 Å². The van der Waals surface area contributed by atoms with E-state index in [-0.39, 0.29) is 5.91 Å². The first kappa shape index (κ1) is 18.8. The molecule has 0 bridgehead atoms. The molecule has 2 fully saturated rings. The summed E-state index contributed by atoms with van der Waals surface area (Å²) in [6.07, 6.45) is 7.81. The Hall–Kier alpha value is -2.22. The number of rotatable bonds is 4. The highest BCUT2D eigenvalue weighted by Gasteiger charge is 2.31. The fourth-order valence-corrected chi connectivity index (χ4v) is 4.64. The number of nitrogens with zero attached hydrogens (tertiary/aromatic N) is 5. The summed E-state index contributed by atoms with van der Waals surface area (Å²) in [6.45, 7) is 5.72. The van der Waals surface area contributed by atoms with Crippen molar-refractivity contribution in [2.24, 2.45) is 0 Å². The van der Waals surface area contributed by atoms with Gasteiger partial charge in [0.25, 0.3) is 0 Å². The predicted molar refractivity (Wildman–Crippen MR) is 111 cm³/mol. The molecule has 4 heterocycles.